The summed E-state index contributed by atoms with van der Waals surface area (Å²) in [6.45, 7) is 3.69. The quantitative estimate of drug-likeness (QED) is 0.784. The summed E-state index contributed by atoms with van der Waals surface area (Å²) in [5.41, 5.74) is 1.91. The van der Waals surface area contributed by atoms with Crippen molar-refractivity contribution in [2.75, 3.05) is 11.8 Å². The summed E-state index contributed by atoms with van der Waals surface area (Å²) in [4.78, 5) is 0. The number of H-pyrrole nitrogens is 1. The number of hydrogen-bond donors (Lipinski definition) is 3. The minimum Gasteiger partial charge on any atom is -0.316 e. The largest absolute Gasteiger partial charge is 0.316 e. The summed E-state index contributed by atoms with van der Waals surface area (Å²) in [6, 6.07) is 4.03. The molecule has 0 spiro atoms. The van der Waals surface area contributed by atoms with Gasteiger partial charge in [0.05, 0.1) is 0 Å². The number of benzene rings is 1. The van der Waals surface area contributed by atoms with Crippen molar-refractivity contribution in [2.24, 2.45) is 0 Å². The van der Waals surface area contributed by atoms with Crippen LogP contribution in [-0.2, 0) is 16.6 Å². The second-order valence-electron chi connectivity index (χ2n) is 4.73. The van der Waals surface area contributed by atoms with Gasteiger partial charge in [-0.15, -0.1) is 0 Å². The van der Waals surface area contributed by atoms with E-state index in [1.807, 2.05) is 0 Å². The average molecular weight is 312 g/mol. The maximum absolute atomic E-state index is 13.2. The number of nitrogens with one attached hydrogen (secondary N) is 3. The molecule has 0 aliphatic rings. The van der Waals surface area contributed by atoms with Gasteiger partial charge in [-0.1, -0.05) is 0 Å². The van der Waals surface area contributed by atoms with E-state index in [9.17, 15) is 12.8 Å². The predicted octanol–water partition coefficient (Wildman–Crippen LogP) is 1.69. The third-order valence-corrected chi connectivity index (χ3v) is 4.41. The van der Waals surface area contributed by atoms with E-state index < -0.39 is 10.0 Å². The molecular weight excluding hydrogens is 295 g/mol. The molecule has 6 nitrogen and oxygen atoms in total. The predicted molar refractivity (Wildman–Crippen MR) is 78.0 cm³/mol. The molecule has 0 saturated heterocycles. The van der Waals surface area contributed by atoms with Crippen LogP contribution >= 0.6 is 0 Å². The Morgan fingerprint density at radius 3 is 2.67 bits per heavy atom. The fourth-order valence-corrected chi connectivity index (χ4v) is 3.20. The van der Waals surface area contributed by atoms with Gasteiger partial charge in [-0.25, -0.2) is 4.39 Å². The van der Waals surface area contributed by atoms with Crippen LogP contribution in [0.2, 0.25) is 0 Å². The summed E-state index contributed by atoms with van der Waals surface area (Å²) in [5.74, 6) is -0.385. The zero-order chi connectivity index (χ0) is 15.6. The van der Waals surface area contributed by atoms with Gasteiger partial charge in [0.1, 0.15) is 5.82 Å². The van der Waals surface area contributed by atoms with Crippen molar-refractivity contribution in [3.8, 4) is 0 Å². The molecule has 0 radical (unpaired) electrons. The number of hydrogen-bond acceptors (Lipinski definition) is 4. The molecule has 3 N–H and O–H groups in total. The van der Waals surface area contributed by atoms with Crippen LogP contribution in [0.3, 0.4) is 0 Å². The summed E-state index contributed by atoms with van der Waals surface area (Å²) < 4.78 is 40.4. The van der Waals surface area contributed by atoms with Crippen molar-refractivity contribution in [2.45, 2.75) is 25.4 Å². The van der Waals surface area contributed by atoms with Gasteiger partial charge < -0.3 is 5.32 Å². The lowest BCUT2D eigenvalue weighted by atomic mass is 10.2. The SMILES string of the molecule is CNCc1c(S(=O)(=O)Nc2ccc(F)c(C)c2)n[nH]c1C. The molecule has 1 heterocycles. The molecular formula is C13H17FN4O2S. The normalized spacial score (nSPS) is 11.6. The van der Waals surface area contributed by atoms with E-state index in [0.717, 1.165) is 0 Å². The number of aromatic amines is 1. The smallest absolute Gasteiger partial charge is 0.281 e. The van der Waals surface area contributed by atoms with Crippen LogP contribution in [-0.4, -0.2) is 25.7 Å². The first-order valence-corrected chi connectivity index (χ1v) is 7.81. The van der Waals surface area contributed by atoms with Crippen molar-refractivity contribution >= 4 is 15.7 Å². The van der Waals surface area contributed by atoms with Gasteiger partial charge in [0, 0.05) is 23.5 Å². The number of aromatic nitrogens is 2. The maximum Gasteiger partial charge on any atom is 0.281 e. The van der Waals surface area contributed by atoms with Gasteiger partial charge in [-0.05, 0) is 44.7 Å². The maximum atomic E-state index is 13.2. The summed E-state index contributed by atoms with van der Waals surface area (Å²) in [7, 11) is -2.11. The third kappa shape index (κ3) is 3.22. The molecule has 0 atom stereocenters. The van der Waals surface area contributed by atoms with Crippen LogP contribution in [0, 0.1) is 19.7 Å². The summed E-state index contributed by atoms with van der Waals surface area (Å²) in [5, 5.41) is 9.36. The van der Waals surface area contributed by atoms with Gasteiger partial charge in [0.25, 0.3) is 10.0 Å². The Labute approximate surface area is 122 Å². The zero-order valence-corrected chi connectivity index (χ0v) is 12.8. The van der Waals surface area contributed by atoms with E-state index in [1.54, 1.807) is 20.9 Å². The molecule has 1 aromatic carbocycles. The van der Waals surface area contributed by atoms with Gasteiger partial charge in [-0.3, -0.25) is 9.82 Å². The van der Waals surface area contributed by atoms with E-state index in [0.29, 0.717) is 29.1 Å². The minimum absolute atomic E-state index is 0.0590. The summed E-state index contributed by atoms with van der Waals surface area (Å²) in [6.07, 6.45) is 0. The van der Waals surface area contributed by atoms with Crippen molar-refractivity contribution in [1.29, 1.82) is 0 Å². The lowest BCUT2D eigenvalue weighted by Gasteiger charge is -2.09. The van der Waals surface area contributed by atoms with Crippen molar-refractivity contribution in [1.82, 2.24) is 15.5 Å². The Morgan fingerprint density at radius 1 is 1.33 bits per heavy atom. The Hall–Kier alpha value is -1.93. The number of aryl methyl sites for hydroxylation is 2. The lowest BCUT2D eigenvalue weighted by Crippen LogP contribution is -2.17. The molecule has 2 aromatic rings. The Morgan fingerprint density at radius 2 is 2.05 bits per heavy atom. The molecule has 0 unspecified atom stereocenters. The highest BCUT2D eigenvalue weighted by Crippen LogP contribution is 2.21. The molecule has 0 aliphatic carbocycles. The molecule has 0 aliphatic heterocycles. The minimum atomic E-state index is -3.83. The number of anilines is 1. The van der Waals surface area contributed by atoms with Crippen LogP contribution in [0.5, 0.6) is 0 Å². The summed E-state index contributed by atoms with van der Waals surface area (Å²) >= 11 is 0. The van der Waals surface area contributed by atoms with Crippen LogP contribution in [0.15, 0.2) is 23.2 Å². The second kappa shape index (κ2) is 5.82. The van der Waals surface area contributed by atoms with E-state index >= 15 is 0 Å². The van der Waals surface area contributed by atoms with E-state index in [2.05, 4.69) is 20.2 Å². The van der Waals surface area contributed by atoms with Crippen molar-refractivity contribution < 1.29 is 12.8 Å². The Bertz CT molecular complexity index is 756. The van der Waals surface area contributed by atoms with Crippen molar-refractivity contribution in [3.05, 3.63) is 40.8 Å². The number of rotatable bonds is 5. The highest BCUT2D eigenvalue weighted by atomic mass is 32.2. The first kappa shape index (κ1) is 15.5. The molecule has 8 heteroatoms. The molecule has 1 aromatic heterocycles. The van der Waals surface area contributed by atoms with Crippen LogP contribution in [0.4, 0.5) is 10.1 Å². The number of halogens is 1. The molecule has 114 valence electrons. The molecule has 21 heavy (non-hydrogen) atoms. The topological polar surface area (TPSA) is 86.9 Å². The molecule has 0 bridgehead atoms. The van der Waals surface area contributed by atoms with Gasteiger partial charge in [-0.2, -0.15) is 13.5 Å². The van der Waals surface area contributed by atoms with Crippen LogP contribution < -0.4 is 10.0 Å². The second-order valence-corrected chi connectivity index (χ2v) is 6.33. The fourth-order valence-electron chi connectivity index (χ4n) is 1.95. The van der Waals surface area contributed by atoms with Crippen LogP contribution in [0.25, 0.3) is 0 Å². The van der Waals surface area contributed by atoms with E-state index in [-0.39, 0.29) is 10.8 Å². The van der Waals surface area contributed by atoms with E-state index in [1.165, 1.54) is 18.2 Å². The molecule has 0 saturated carbocycles. The average Bonchev–Trinajstić information content (AvgIpc) is 2.77. The third-order valence-electron chi connectivity index (χ3n) is 3.05. The van der Waals surface area contributed by atoms with Gasteiger partial charge in [0.15, 0.2) is 0 Å². The van der Waals surface area contributed by atoms with E-state index in [4.69, 9.17) is 0 Å². The standard InChI is InChI=1S/C13H17FN4O2S/c1-8-6-10(4-5-12(8)14)18-21(19,20)13-11(7-15-3)9(2)16-17-13/h4-6,15,18H,7H2,1-3H3,(H,16,17). The molecule has 0 fully saturated rings. The van der Waals surface area contributed by atoms with Gasteiger partial charge >= 0.3 is 0 Å². The highest BCUT2D eigenvalue weighted by Gasteiger charge is 2.23. The zero-order valence-electron chi connectivity index (χ0n) is 12.0. The Balaban J connectivity index is 2.36. The van der Waals surface area contributed by atoms with Crippen LogP contribution in [0.1, 0.15) is 16.8 Å². The molecule has 2 rings (SSSR count). The van der Waals surface area contributed by atoms with Crippen molar-refractivity contribution in [3.63, 3.8) is 0 Å². The first-order chi connectivity index (χ1) is 9.85. The molecule has 0 amide bonds. The monoisotopic (exact) mass is 312 g/mol. The fraction of sp³-hybridized carbons (Fsp3) is 0.308. The van der Waals surface area contributed by atoms with Gasteiger partial charge in [0.2, 0.25) is 5.03 Å². The first-order valence-electron chi connectivity index (χ1n) is 6.32. The highest BCUT2D eigenvalue weighted by molar-refractivity contribution is 7.92. The number of sulfonamides is 1. The lowest BCUT2D eigenvalue weighted by molar-refractivity contribution is 0.594. The Kier molecular flexibility index (Phi) is 4.29. The number of nitrogens with zero attached hydrogens (tertiary/aromatic N) is 1.